The summed E-state index contributed by atoms with van der Waals surface area (Å²) in [7, 11) is 0. The summed E-state index contributed by atoms with van der Waals surface area (Å²) in [5.41, 5.74) is 5.07. The van der Waals surface area contributed by atoms with Crippen molar-refractivity contribution in [3.8, 4) is 0 Å². The lowest BCUT2D eigenvalue weighted by atomic mass is 10.2. The Labute approximate surface area is 149 Å². The van der Waals surface area contributed by atoms with E-state index in [0.29, 0.717) is 11.1 Å². The molecule has 0 saturated carbocycles. The highest BCUT2D eigenvalue weighted by molar-refractivity contribution is 5.98. The molecular formula is C18H17N5O3. The average Bonchev–Trinajstić information content (AvgIpc) is 2.95. The number of amides is 1. The summed E-state index contributed by atoms with van der Waals surface area (Å²) in [6.45, 7) is 4.77. The summed E-state index contributed by atoms with van der Waals surface area (Å²) in [4.78, 5) is 27.0. The fraction of sp³-hybridized carbons (Fsp3) is 0.167. The van der Waals surface area contributed by atoms with E-state index < -0.39 is 4.92 Å². The van der Waals surface area contributed by atoms with Gasteiger partial charge in [-0.25, -0.2) is 10.4 Å². The third-order valence-electron chi connectivity index (χ3n) is 3.98. The van der Waals surface area contributed by atoms with Gasteiger partial charge < -0.3 is 4.57 Å². The first-order valence-corrected chi connectivity index (χ1v) is 8.04. The number of benzene rings is 2. The first kappa shape index (κ1) is 17.3. The van der Waals surface area contributed by atoms with Crippen LogP contribution in [0.15, 0.2) is 47.6 Å². The second kappa shape index (κ2) is 7.14. The lowest BCUT2D eigenvalue weighted by Gasteiger charge is -2.03. The van der Waals surface area contributed by atoms with Gasteiger partial charge in [0.15, 0.2) is 0 Å². The maximum atomic E-state index is 12.2. The molecule has 3 aromatic rings. The SMILES string of the molecule is CCn1c(C)nc2cc(C(=O)N/N=C\c3cccc([N+](=O)[O-])c3)ccc21. The van der Waals surface area contributed by atoms with Crippen LogP contribution < -0.4 is 5.43 Å². The van der Waals surface area contributed by atoms with Gasteiger partial charge in [0.25, 0.3) is 11.6 Å². The Morgan fingerprint density at radius 3 is 2.88 bits per heavy atom. The van der Waals surface area contributed by atoms with Gasteiger partial charge in [0, 0.05) is 29.8 Å². The predicted octanol–water partition coefficient (Wildman–Crippen LogP) is 3.04. The van der Waals surface area contributed by atoms with E-state index in [2.05, 4.69) is 20.1 Å². The van der Waals surface area contributed by atoms with E-state index in [1.54, 1.807) is 24.3 Å². The van der Waals surface area contributed by atoms with Crippen LogP contribution >= 0.6 is 0 Å². The lowest BCUT2D eigenvalue weighted by molar-refractivity contribution is -0.384. The molecule has 0 unspecified atom stereocenters. The summed E-state index contributed by atoms with van der Waals surface area (Å²) >= 11 is 0. The number of non-ortho nitro benzene ring substituents is 1. The molecule has 8 heteroatoms. The van der Waals surface area contributed by atoms with Crippen molar-refractivity contribution in [1.82, 2.24) is 15.0 Å². The summed E-state index contributed by atoms with van der Waals surface area (Å²) < 4.78 is 2.07. The van der Waals surface area contributed by atoms with Crippen LogP contribution in [0.1, 0.15) is 28.7 Å². The van der Waals surface area contributed by atoms with Crippen molar-refractivity contribution in [1.29, 1.82) is 0 Å². The van der Waals surface area contributed by atoms with Crippen LogP contribution in [0, 0.1) is 17.0 Å². The Morgan fingerprint density at radius 1 is 1.35 bits per heavy atom. The van der Waals surface area contributed by atoms with Crippen LogP contribution in [0.3, 0.4) is 0 Å². The number of nitro benzene ring substituents is 1. The highest BCUT2D eigenvalue weighted by atomic mass is 16.6. The van der Waals surface area contributed by atoms with Crippen molar-refractivity contribution in [3.63, 3.8) is 0 Å². The number of nitrogens with one attached hydrogen (secondary N) is 1. The molecule has 0 atom stereocenters. The first-order valence-electron chi connectivity index (χ1n) is 8.04. The van der Waals surface area contributed by atoms with Gasteiger partial charge in [-0.3, -0.25) is 14.9 Å². The van der Waals surface area contributed by atoms with E-state index in [9.17, 15) is 14.9 Å². The van der Waals surface area contributed by atoms with E-state index in [0.717, 1.165) is 23.4 Å². The van der Waals surface area contributed by atoms with Crippen molar-refractivity contribution in [2.24, 2.45) is 5.10 Å². The van der Waals surface area contributed by atoms with Crippen molar-refractivity contribution >= 4 is 28.8 Å². The Hall–Kier alpha value is -3.55. The zero-order valence-corrected chi connectivity index (χ0v) is 14.3. The number of hydrazone groups is 1. The van der Waals surface area contributed by atoms with Gasteiger partial charge in [0.05, 0.1) is 22.2 Å². The van der Waals surface area contributed by atoms with E-state index >= 15 is 0 Å². The van der Waals surface area contributed by atoms with E-state index in [4.69, 9.17) is 0 Å². The molecule has 1 heterocycles. The van der Waals surface area contributed by atoms with Crippen molar-refractivity contribution < 1.29 is 9.72 Å². The third kappa shape index (κ3) is 3.44. The third-order valence-corrected chi connectivity index (χ3v) is 3.98. The molecule has 26 heavy (non-hydrogen) atoms. The monoisotopic (exact) mass is 351 g/mol. The van der Waals surface area contributed by atoms with E-state index in [1.165, 1.54) is 18.3 Å². The average molecular weight is 351 g/mol. The number of imidazole rings is 1. The molecule has 8 nitrogen and oxygen atoms in total. The van der Waals surface area contributed by atoms with Crippen LogP contribution in [0.5, 0.6) is 0 Å². The Kier molecular flexibility index (Phi) is 4.74. The predicted molar refractivity (Wildman–Crippen MR) is 98.3 cm³/mol. The molecule has 0 aliphatic carbocycles. The minimum Gasteiger partial charge on any atom is -0.329 e. The quantitative estimate of drug-likeness (QED) is 0.433. The summed E-state index contributed by atoms with van der Waals surface area (Å²) in [6, 6.07) is 11.3. The number of carbonyl (C=O) groups excluding carboxylic acids is 1. The van der Waals surface area contributed by atoms with Crippen LogP contribution in [0.4, 0.5) is 5.69 Å². The minimum atomic E-state index is -0.484. The summed E-state index contributed by atoms with van der Waals surface area (Å²) in [5.74, 6) is 0.515. The number of aromatic nitrogens is 2. The number of fused-ring (bicyclic) bond motifs is 1. The Balaban J connectivity index is 1.75. The number of hydrogen-bond acceptors (Lipinski definition) is 5. The number of aryl methyl sites for hydroxylation is 2. The van der Waals surface area contributed by atoms with Crippen molar-refractivity contribution in [2.75, 3.05) is 0 Å². The molecule has 0 spiro atoms. The smallest absolute Gasteiger partial charge is 0.271 e. The Morgan fingerprint density at radius 2 is 2.15 bits per heavy atom. The largest absolute Gasteiger partial charge is 0.329 e. The maximum absolute atomic E-state index is 12.2. The zero-order valence-electron chi connectivity index (χ0n) is 14.3. The molecule has 1 aromatic heterocycles. The molecule has 1 N–H and O–H groups in total. The maximum Gasteiger partial charge on any atom is 0.271 e. The summed E-state index contributed by atoms with van der Waals surface area (Å²) in [6.07, 6.45) is 1.36. The number of carbonyl (C=O) groups is 1. The molecular weight excluding hydrogens is 334 g/mol. The Bertz CT molecular complexity index is 1020. The van der Waals surface area contributed by atoms with Gasteiger partial charge in [-0.15, -0.1) is 0 Å². The molecule has 0 saturated heterocycles. The number of rotatable bonds is 5. The van der Waals surface area contributed by atoms with E-state index in [-0.39, 0.29) is 11.6 Å². The fourth-order valence-corrected chi connectivity index (χ4v) is 2.74. The second-order valence-electron chi connectivity index (χ2n) is 5.66. The molecule has 0 aliphatic rings. The molecule has 0 aliphatic heterocycles. The van der Waals surface area contributed by atoms with Crippen molar-refractivity contribution in [2.45, 2.75) is 20.4 Å². The van der Waals surface area contributed by atoms with Crippen LogP contribution in [0.2, 0.25) is 0 Å². The number of nitrogens with zero attached hydrogens (tertiary/aromatic N) is 4. The molecule has 2 aromatic carbocycles. The van der Waals surface area contributed by atoms with Gasteiger partial charge in [-0.2, -0.15) is 5.10 Å². The second-order valence-corrected chi connectivity index (χ2v) is 5.66. The van der Waals surface area contributed by atoms with Crippen LogP contribution in [0.25, 0.3) is 11.0 Å². The summed E-state index contributed by atoms with van der Waals surface area (Å²) in [5, 5.41) is 14.6. The van der Waals surface area contributed by atoms with Gasteiger partial charge in [-0.1, -0.05) is 12.1 Å². The zero-order chi connectivity index (χ0) is 18.7. The fourth-order valence-electron chi connectivity index (χ4n) is 2.74. The highest BCUT2D eigenvalue weighted by Gasteiger charge is 2.10. The standard InChI is InChI=1S/C18H17N5O3/c1-3-22-12(2)20-16-10-14(7-8-17(16)22)18(24)21-19-11-13-5-4-6-15(9-13)23(25)26/h4-11H,3H2,1-2H3,(H,21,24)/b19-11-. The molecule has 1 amide bonds. The molecule has 132 valence electrons. The minimum absolute atomic E-state index is 0.0346. The van der Waals surface area contributed by atoms with Gasteiger partial charge in [0.2, 0.25) is 0 Å². The van der Waals surface area contributed by atoms with E-state index in [1.807, 2.05) is 19.9 Å². The first-order chi connectivity index (χ1) is 12.5. The highest BCUT2D eigenvalue weighted by Crippen LogP contribution is 2.17. The number of hydrogen-bond donors (Lipinski definition) is 1. The van der Waals surface area contributed by atoms with Gasteiger partial charge >= 0.3 is 0 Å². The van der Waals surface area contributed by atoms with Gasteiger partial charge in [-0.05, 0) is 32.0 Å². The van der Waals surface area contributed by atoms with Crippen molar-refractivity contribution in [3.05, 3.63) is 69.5 Å². The lowest BCUT2D eigenvalue weighted by Crippen LogP contribution is -2.17. The molecule has 3 rings (SSSR count). The van der Waals surface area contributed by atoms with Gasteiger partial charge in [0.1, 0.15) is 5.82 Å². The van der Waals surface area contributed by atoms with Crippen LogP contribution in [-0.2, 0) is 6.54 Å². The molecule has 0 bridgehead atoms. The molecule has 0 radical (unpaired) electrons. The molecule has 0 fully saturated rings. The topological polar surface area (TPSA) is 102 Å². The number of nitro groups is 1. The van der Waals surface area contributed by atoms with Crippen LogP contribution in [-0.4, -0.2) is 26.6 Å². The normalized spacial score (nSPS) is 11.2.